The van der Waals surface area contributed by atoms with Crippen molar-refractivity contribution in [1.82, 2.24) is 10.2 Å². The second-order valence-corrected chi connectivity index (χ2v) is 5.47. The van der Waals surface area contributed by atoms with Crippen molar-refractivity contribution in [3.63, 3.8) is 0 Å². The lowest BCUT2D eigenvalue weighted by Gasteiger charge is -2.29. The fourth-order valence-electron chi connectivity index (χ4n) is 2.50. The molecule has 0 radical (unpaired) electrons. The predicted molar refractivity (Wildman–Crippen MR) is 91.0 cm³/mol. The van der Waals surface area contributed by atoms with Crippen LogP contribution in [0.3, 0.4) is 0 Å². The maximum Gasteiger partial charge on any atom is 0.293 e. The largest absolute Gasteiger partial charge is 0.459 e. The van der Waals surface area contributed by atoms with Gasteiger partial charge in [-0.1, -0.05) is 30.3 Å². The molecule has 1 fully saturated rings. The zero-order chi connectivity index (χ0) is 16.6. The molecule has 24 heavy (non-hydrogen) atoms. The molecule has 0 saturated carbocycles. The van der Waals surface area contributed by atoms with Crippen LogP contribution in [0.2, 0.25) is 0 Å². The molecule has 1 aromatic carbocycles. The Hall–Kier alpha value is -2.60. The number of furan rings is 1. The molecule has 1 N–H and O–H groups in total. The number of guanidine groups is 1. The molecular formula is C18H21N3O3. The number of hydrogen-bond donors (Lipinski definition) is 1. The van der Waals surface area contributed by atoms with E-state index in [0.717, 1.165) is 6.42 Å². The Morgan fingerprint density at radius 2 is 1.92 bits per heavy atom. The average molecular weight is 327 g/mol. The van der Waals surface area contributed by atoms with Crippen LogP contribution >= 0.6 is 0 Å². The zero-order valence-corrected chi connectivity index (χ0v) is 13.5. The highest BCUT2D eigenvalue weighted by Gasteiger charge is 2.19. The summed E-state index contributed by atoms with van der Waals surface area (Å²) < 4.78 is 10.5. The number of morpholine rings is 1. The monoisotopic (exact) mass is 327 g/mol. The van der Waals surface area contributed by atoms with Gasteiger partial charge in [-0.2, -0.15) is 0 Å². The molecule has 2 heterocycles. The minimum atomic E-state index is -0.287. The lowest BCUT2D eigenvalue weighted by atomic mass is 10.2. The normalized spacial score (nSPS) is 15.3. The third-order valence-corrected chi connectivity index (χ3v) is 3.79. The molecule has 1 aromatic heterocycles. The summed E-state index contributed by atoms with van der Waals surface area (Å²) in [7, 11) is 0. The summed E-state index contributed by atoms with van der Waals surface area (Å²) in [6.07, 6.45) is 2.31. The smallest absolute Gasteiger partial charge is 0.293 e. The molecule has 0 aliphatic carbocycles. The average Bonchev–Trinajstić information content (AvgIpc) is 3.17. The molecule has 0 unspecified atom stereocenters. The standard InChI is InChI=1S/C18H21N3O3/c22-17(16-7-4-12-24-16)20-18(21-10-13-23-14-11-21)19-9-8-15-5-2-1-3-6-15/h1-7,12H,8-11,13-14H2,(H,19,20,22). The van der Waals surface area contributed by atoms with Gasteiger partial charge in [-0.3, -0.25) is 15.1 Å². The number of benzene rings is 1. The Kier molecular flexibility index (Phi) is 5.63. The molecule has 6 nitrogen and oxygen atoms in total. The van der Waals surface area contributed by atoms with Crippen LogP contribution in [0, 0.1) is 0 Å². The van der Waals surface area contributed by atoms with Crippen LogP contribution in [-0.2, 0) is 11.2 Å². The van der Waals surface area contributed by atoms with E-state index in [2.05, 4.69) is 22.4 Å². The van der Waals surface area contributed by atoms with E-state index >= 15 is 0 Å². The number of ether oxygens (including phenoxy) is 1. The molecule has 1 aliphatic rings. The highest BCUT2D eigenvalue weighted by Crippen LogP contribution is 2.04. The zero-order valence-electron chi connectivity index (χ0n) is 13.5. The molecule has 0 spiro atoms. The predicted octanol–water partition coefficient (Wildman–Crippen LogP) is 1.94. The van der Waals surface area contributed by atoms with Gasteiger partial charge in [0.1, 0.15) is 0 Å². The van der Waals surface area contributed by atoms with Crippen molar-refractivity contribution >= 4 is 11.9 Å². The Bertz CT molecular complexity index is 662. The van der Waals surface area contributed by atoms with Gasteiger partial charge in [0, 0.05) is 19.6 Å². The van der Waals surface area contributed by atoms with Crippen molar-refractivity contribution in [2.45, 2.75) is 6.42 Å². The maximum atomic E-state index is 12.2. The lowest BCUT2D eigenvalue weighted by Crippen LogP contribution is -2.49. The van der Waals surface area contributed by atoms with Gasteiger partial charge in [-0.05, 0) is 24.1 Å². The highest BCUT2D eigenvalue weighted by molar-refractivity contribution is 6.04. The van der Waals surface area contributed by atoms with Crippen LogP contribution in [0.4, 0.5) is 0 Å². The summed E-state index contributed by atoms with van der Waals surface area (Å²) in [5, 5.41) is 2.86. The Labute approximate surface area is 141 Å². The SMILES string of the molecule is O=C(NC(=NCCc1ccccc1)N1CCOCC1)c1ccco1. The van der Waals surface area contributed by atoms with Crippen LogP contribution in [0.15, 0.2) is 58.1 Å². The molecular weight excluding hydrogens is 306 g/mol. The van der Waals surface area contributed by atoms with Crippen LogP contribution in [0.25, 0.3) is 0 Å². The van der Waals surface area contributed by atoms with E-state index < -0.39 is 0 Å². The molecule has 1 amide bonds. The third kappa shape index (κ3) is 4.45. The van der Waals surface area contributed by atoms with Gasteiger partial charge >= 0.3 is 0 Å². The lowest BCUT2D eigenvalue weighted by molar-refractivity contribution is 0.0654. The number of hydrogen-bond acceptors (Lipinski definition) is 4. The van der Waals surface area contributed by atoms with Gasteiger partial charge in [-0.25, -0.2) is 0 Å². The number of aliphatic imine (C=N–C) groups is 1. The molecule has 0 bridgehead atoms. The van der Waals surface area contributed by atoms with Gasteiger partial charge in [0.05, 0.1) is 19.5 Å². The molecule has 6 heteroatoms. The van der Waals surface area contributed by atoms with Gasteiger partial charge in [0.15, 0.2) is 5.76 Å². The van der Waals surface area contributed by atoms with Crippen molar-refractivity contribution < 1.29 is 13.9 Å². The van der Waals surface area contributed by atoms with Gasteiger partial charge in [0.25, 0.3) is 5.91 Å². The number of amides is 1. The van der Waals surface area contributed by atoms with Crippen molar-refractivity contribution in [3.8, 4) is 0 Å². The van der Waals surface area contributed by atoms with Crippen molar-refractivity contribution in [3.05, 3.63) is 60.1 Å². The van der Waals surface area contributed by atoms with E-state index in [0.29, 0.717) is 38.8 Å². The van der Waals surface area contributed by atoms with E-state index in [9.17, 15) is 4.79 Å². The summed E-state index contributed by atoms with van der Waals surface area (Å²) >= 11 is 0. The number of nitrogens with zero attached hydrogens (tertiary/aromatic N) is 2. The topological polar surface area (TPSA) is 67.1 Å². The van der Waals surface area contributed by atoms with Crippen molar-refractivity contribution in [2.75, 3.05) is 32.8 Å². The molecule has 0 atom stereocenters. The first-order valence-electron chi connectivity index (χ1n) is 8.09. The Morgan fingerprint density at radius 3 is 2.62 bits per heavy atom. The van der Waals surface area contributed by atoms with E-state index in [-0.39, 0.29) is 11.7 Å². The van der Waals surface area contributed by atoms with Crippen LogP contribution in [-0.4, -0.2) is 49.6 Å². The van der Waals surface area contributed by atoms with E-state index in [1.807, 2.05) is 23.1 Å². The van der Waals surface area contributed by atoms with E-state index in [4.69, 9.17) is 9.15 Å². The van der Waals surface area contributed by atoms with Crippen LogP contribution in [0.1, 0.15) is 16.1 Å². The second-order valence-electron chi connectivity index (χ2n) is 5.47. The first kappa shape index (κ1) is 16.3. The second kappa shape index (κ2) is 8.31. The first-order valence-corrected chi connectivity index (χ1v) is 8.09. The molecule has 1 saturated heterocycles. The highest BCUT2D eigenvalue weighted by atomic mass is 16.5. The Balaban J connectivity index is 1.66. The third-order valence-electron chi connectivity index (χ3n) is 3.79. The fourth-order valence-corrected chi connectivity index (χ4v) is 2.50. The van der Waals surface area contributed by atoms with Gasteiger partial charge in [0.2, 0.25) is 5.96 Å². The summed E-state index contributed by atoms with van der Waals surface area (Å²) in [4.78, 5) is 18.9. The van der Waals surface area contributed by atoms with Gasteiger partial charge in [-0.15, -0.1) is 0 Å². The Morgan fingerprint density at radius 1 is 1.12 bits per heavy atom. The summed E-state index contributed by atoms with van der Waals surface area (Å²) in [6.45, 7) is 3.29. The first-order chi connectivity index (χ1) is 11.8. The van der Waals surface area contributed by atoms with Gasteiger partial charge < -0.3 is 14.1 Å². The minimum Gasteiger partial charge on any atom is -0.459 e. The summed E-state index contributed by atoms with van der Waals surface area (Å²) in [5.41, 5.74) is 1.22. The van der Waals surface area contributed by atoms with Crippen molar-refractivity contribution in [2.24, 2.45) is 4.99 Å². The number of rotatable bonds is 4. The molecule has 126 valence electrons. The van der Waals surface area contributed by atoms with E-state index in [1.54, 1.807) is 12.1 Å². The number of carbonyl (C=O) groups is 1. The minimum absolute atomic E-state index is 0.277. The quantitative estimate of drug-likeness (QED) is 0.688. The van der Waals surface area contributed by atoms with Crippen LogP contribution < -0.4 is 5.32 Å². The van der Waals surface area contributed by atoms with Crippen LogP contribution in [0.5, 0.6) is 0 Å². The summed E-state index contributed by atoms with van der Waals surface area (Å²) in [5.74, 6) is 0.569. The van der Waals surface area contributed by atoms with E-state index in [1.165, 1.54) is 11.8 Å². The maximum absolute atomic E-state index is 12.2. The molecule has 3 rings (SSSR count). The molecule has 1 aliphatic heterocycles. The fraction of sp³-hybridized carbons (Fsp3) is 0.333. The summed E-state index contributed by atoms with van der Waals surface area (Å²) in [6, 6.07) is 13.5. The van der Waals surface area contributed by atoms with Crippen molar-refractivity contribution in [1.29, 1.82) is 0 Å². The number of carbonyl (C=O) groups excluding carboxylic acids is 1. The molecule has 2 aromatic rings. The number of nitrogens with one attached hydrogen (secondary N) is 1.